The highest BCUT2D eigenvalue weighted by molar-refractivity contribution is 7.89. The van der Waals surface area contributed by atoms with E-state index in [1.54, 1.807) is 12.1 Å². The molecule has 3 aromatic carbocycles. The predicted octanol–water partition coefficient (Wildman–Crippen LogP) is 4.17. The van der Waals surface area contributed by atoms with E-state index in [4.69, 9.17) is 10.5 Å². The molecule has 4 rings (SSSR count). The third-order valence-electron chi connectivity index (χ3n) is 5.43. The van der Waals surface area contributed by atoms with Gasteiger partial charge in [0, 0.05) is 6.42 Å². The fraction of sp³-hybridized carbons (Fsp3) is 0.250. The number of benzene rings is 3. The van der Waals surface area contributed by atoms with Gasteiger partial charge in [0.1, 0.15) is 12.3 Å². The molecule has 30 heavy (non-hydrogen) atoms. The molecule has 0 amide bonds. The molecule has 1 fully saturated rings. The van der Waals surface area contributed by atoms with Crippen LogP contribution >= 0.6 is 0 Å². The Morgan fingerprint density at radius 1 is 0.867 bits per heavy atom. The van der Waals surface area contributed by atoms with Crippen molar-refractivity contribution >= 4 is 10.0 Å². The Bertz CT molecular complexity index is 1070. The highest BCUT2D eigenvalue weighted by atomic mass is 32.2. The van der Waals surface area contributed by atoms with Gasteiger partial charge in [0.05, 0.1) is 10.9 Å². The molecule has 0 saturated carbocycles. The fourth-order valence-corrected chi connectivity index (χ4v) is 5.69. The zero-order valence-electron chi connectivity index (χ0n) is 16.9. The van der Waals surface area contributed by atoms with Gasteiger partial charge >= 0.3 is 0 Å². The molecule has 3 atom stereocenters. The van der Waals surface area contributed by atoms with Crippen LogP contribution in [0.2, 0.25) is 0 Å². The van der Waals surface area contributed by atoms with E-state index < -0.39 is 28.4 Å². The van der Waals surface area contributed by atoms with Gasteiger partial charge in [-0.25, -0.2) is 8.42 Å². The minimum Gasteiger partial charge on any atom is -0.352 e. The van der Waals surface area contributed by atoms with Crippen LogP contribution in [0.25, 0.3) is 0 Å². The first-order chi connectivity index (χ1) is 14.5. The lowest BCUT2D eigenvalue weighted by Crippen LogP contribution is -2.39. The van der Waals surface area contributed by atoms with Gasteiger partial charge < -0.3 is 10.5 Å². The SMILES string of the molecule is Cc1ccc(S(=O)(=O)N2[C@@H](CCN)O[C@H](c3ccccc3)[C@@H]2c2ccccc2)cc1. The number of sulfonamides is 1. The van der Waals surface area contributed by atoms with E-state index in [0.717, 1.165) is 16.7 Å². The van der Waals surface area contributed by atoms with Crippen molar-refractivity contribution in [2.24, 2.45) is 5.73 Å². The number of nitrogens with two attached hydrogens (primary N) is 1. The number of hydrogen-bond donors (Lipinski definition) is 1. The zero-order chi connectivity index (χ0) is 21.1. The summed E-state index contributed by atoms with van der Waals surface area (Å²) in [5, 5.41) is 0. The van der Waals surface area contributed by atoms with Gasteiger partial charge in [-0.1, -0.05) is 78.4 Å². The largest absolute Gasteiger partial charge is 0.352 e. The summed E-state index contributed by atoms with van der Waals surface area (Å²) in [6.45, 7) is 2.26. The van der Waals surface area contributed by atoms with Crippen LogP contribution in [0.5, 0.6) is 0 Å². The fourth-order valence-electron chi connectivity index (χ4n) is 3.97. The molecule has 0 spiro atoms. The van der Waals surface area contributed by atoms with Gasteiger partial charge in [-0.2, -0.15) is 4.31 Å². The highest BCUT2D eigenvalue weighted by Gasteiger charge is 2.49. The van der Waals surface area contributed by atoms with E-state index in [2.05, 4.69) is 0 Å². The van der Waals surface area contributed by atoms with E-state index >= 15 is 0 Å². The molecule has 1 aliphatic rings. The van der Waals surface area contributed by atoms with Crippen LogP contribution in [0.3, 0.4) is 0 Å². The third kappa shape index (κ3) is 3.91. The summed E-state index contributed by atoms with van der Waals surface area (Å²) in [5.74, 6) is 0. The van der Waals surface area contributed by atoms with Gasteiger partial charge in [-0.3, -0.25) is 0 Å². The van der Waals surface area contributed by atoms with Crippen LogP contribution in [0, 0.1) is 6.92 Å². The van der Waals surface area contributed by atoms with Crippen molar-refractivity contribution in [1.29, 1.82) is 0 Å². The molecule has 3 aromatic rings. The smallest absolute Gasteiger partial charge is 0.245 e. The molecule has 0 radical (unpaired) electrons. The Hall–Kier alpha value is -2.51. The summed E-state index contributed by atoms with van der Waals surface area (Å²) < 4.78 is 35.5. The molecule has 1 saturated heterocycles. The first-order valence-corrected chi connectivity index (χ1v) is 11.5. The van der Waals surface area contributed by atoms with Crippen molar-refractivity contribution in [1.82, 2.24) is 4.31 Å². The summed E-state index contributed by atoms with van der Waals surface area (Å²) in [5.41, 5.74) is 8.68. The summed E-state index contributed by atoms with van der Waals surface area (Å²) >= 11 is 0. The Balaban J connectivity index is 1.86. The van der Waals surface area contributed by atoms with Crippen molar-refractivity contribution in [3.8, 4) is 0 Å². The lowest BCUT2D eigenvalue weighted by molar-refractivity contribution is 0.0168. The minimum atomic E-state index is -3.81. The molecule has 5 nitrogen and oxygen atoms in total. The van der Waals surface area contributed by atoms with Crippen LogP contribution in [-0.2, 0) is 14.8 Å². The van der Waals surface area contributed by atoms with Crippen LogP contribution in [0.1, 0.15) is 35.3 Å². The molecule has 0 unspecified atom stereocenters. The summed E-state index contributed by atoms with van der Waals surface area (Å²) in [6.07, 6.45) is -0.653. The van der Waals surface area contributed by atoms with Crippen molar-refractivity contribution in [3.05, 3.63) is 102 Å². The van der Waals surface area contributed by atoms with E-state index in [1.165, 1.54) is 4.31 Å². The van der Waals surface area contributed by atoms with Crippen molar-refractivity contribution in [3.63, 3.8) is 0 Å². The number of ether oxygens (including phenoxy) is 1. The monoisotopic (exact) mass is 422 g/mol. The van der Waals surface area contributed by atoms with Crippen LogP contribution < -0.4 is 5.73 Å². The maximum Gasteiger partial charge on any atom is 0.245 e. The molecule has 6 heteroatoms. The van der Waals surface area contributed by atoms with Crippen molar-refractivity contribution in [2.75, 3.05) is 6.54 Å². The second-order valence-electron chi connectivity index (χ2n) is 7.50. The van der Waals surface area contributed by atoms with E-state index in [-0.39, 0.29) is 4.90 Å². The second kappa shape index (κ2) is 8.70. The molecule has 0 bridgehead atoms. The maximum absolute atomic E-state index is 13.8. The molecule has 156 valence electrons. The topological polar surface area (TPSA) is 72.6 Å². The Morgan fingerprint density at radius 2 is 1.43 bits per heavy atom. The average molecular weight is 423 g/mol. The third-order valence-corrected chi connectivity index (χ3v) is 7.31. The van der Waals surface area contributed by atoms with Crippen LogP contribution in [-0.4, -0.2) is 25.5 Å². The molecule has 0 aromatic heterocycles. The zero-order valence-corrected chi connectivity index (χ0v) is 17.7. The lowest BCUT2D eigenvalue weighted by Gasteiger charge is -2.28. The number of aryl methyl sites for hydroxylation is 1. The first-order valence-electron chi connectivity index (χ1n) is 10.1. The minimum absolute atomic E-state index is 0.258. The molecule has 0 aliphatic carbocycles. The molecular formula is C24H26N2O3S. The maximum atomic E-state index is 13.8. The highest BCUT2D eigenvalue weighted by Crippen LogP contribution is 2.48. The molecule has 1 heterocycles. The molecule has 1 aliphatic heterocycles. The van der Waals surface area contributed by atoms with Gasteiger partial charge in [0.25, 0.3) is 0 Å². The van der Waals surface area contributed by atoms with Gasteiger partial charge in [0.2, 0.25) is 10.0 Å². The first kappa shape index (κ1) is 20.8. The average Bonchev–Trinajstić information content (AvgIpc) is 3.16. The summed E-state index contributed by atoms with van der Waals surface area (Å²) in [6, 6.07) is 25.9. The number of hydrogen-bond acceptors (Lipinski definition) is 4. The van der Waals surface area contributed by atoms with E-state index in [1.807, 2.05) is 79.7 Å². The lowest BCUT2D eigenvalue weighted by atomic mass is 9.96. The van der Waals surface area contributed by atoms with Gasteiger partial charge in [-0.05, 0) is 36.7 Å². The van der Waals surface area contributed by atoms with E-state index in [0.29, 0.717) is 13.0 Å². The summed E-state index contributed by atoms with van der Waals surface area (Å²) in [4.78, 5) is 0.258. The standard InChI is InChI=1S/C24H26N2O3S/c1-18-12-14-21(15-13-18)30(27,28)26-22(16-17-25)29-24(20-10-6-3-7-11-20)23(26)19-8-4-2-5-9-19/h2-15,22-24H,16-17,25H2,1H3/t22-,23+,24-/m1/s1. The van der Waals surface area contributed by atoms with Crippen molar-refractivity contribution < 1.29 is 13.2 Å². The molecular weight excluding hydrogens is 396 g/mol. The van der Waals surface area contributed by atoms with Crippen LogP contribution in [0.15, 0.2) is 89.8 Å². The normalized spacial score (nSPS) is 22.3. The summed E-state index contributed by atoms with van der Waals surface area (Å²) in [7, 11) is -3.81. The quantitative estimate of drug-likeness (QED) is 0.647. The van der Waals surface area contributed by atoms with Gasteiger partial charge in [-0.15, -0.1) is 0 Å². The van der Waals surface area contributed by atoms with E-state index in [9.17, 15) is 8.42 Å². The second-order valence-corrected chi connectivity index (χ2v) is 9.35. The Kier molecular flexibility index (Phi) is 6.01. The van der Waals surface area contributed by atoms with Crippen molar-refractivity contribution in [2.45, 2.75) is 36.6 Å². The number of nitrogens with zero attached hydrogens (tertiary/aromatic N) is 1. The molecule has 2 N–H and O–H groups in total. The van der Waals surface area contributed by atoms with Gasteiger partial charge in [0.15, 0.2) is 0 Å². The van der Waals surface area contributed by atoms with Crippen LogP contribution in [0.4, 0.5) is 0 Å². The number of rotatable bonds is 6. The predicted molar refractivity (Wildman–Crippen MR) is 117 cm³/mol. The Morgan fingerprint density at radius 3 is 2.00 bits per heavy atom. The Labute approximate surface area is 178 Å².